The molecule has 0 saturated heterocycles. The molecule has 1 heterocycles. The van der Waals surface area contributed by atoms with Crippen molar-refractivity contribution in [1.29, 1.82) is 0 Å². The van der Waals surface area contributed by atoms with Gasteiger partial charge in [-0.1, -0.05) is 0 Å². The van der Waals surface area contributed by atoms with Crippen LogP contribution < -0.4 is 4.74 Å². The van der Waals surface area contributed by atoms with Crippen LogP contribution in [-0.4, -0.2) is 16.4 Å². The zero-order valence-corrected chi connectivity index (χ0v) is 5.44. The molecule has 1 aromatic heterocycles. The molecule has 0 spiro atoms. The van der Waals surface area contributed by atoms with Gasteiger partial charge in [0.05, 0.1) is 0 Å². The van der Waals surface area contributed by atoms with E-state index in [9.17, 15) is 4.79 Å². The van der Waals surface area contributed by atoms with E-state index in [0.29, 0.717) is 6.47 Å². The van der Waals surface area contributed by atoms with Gasteiger partial charge in [0.25, 0.3) is 6.47 Å². The predicted octanol–water partition coefficient (Wildman–Crippen LogP) is 0.320. The van der Waals surface area contributed by atoms with Gasteiger partial charge in [0.2, 0.25) is 5.88 Å². The average molecular weight is 138 g/mol. The van der Waals surface area contributed by atoms with Gasteiger partial charge in [-0.3, -0.25) is 4.79 Å². The fourth-order valence-electron chi connectivity index (χ4n) is 0.544. The highest BCUT2D eigenvalue weighted by Gasteiger charge is 1.92. The second kappa shape index (κ2) is 2.91. The van der Waals surface area contributed by atoms with Crippen molar-refractivity contribution < 1.29 is 9.53 Å². The molecule has 52 valence electrons. The minimum absolute atomic E-state index is 0.280. The standard InChI is InChI=1S/C6H6N2O2/c1-5-2-6(10-4-9)8-3-7-5/h2-4H,1H3. The summed E-state index contributed by atoms with van der Waals surface area (Å²) in [4.78, 5) is 17.3. The Morgan fingerprint density at radius 2 is 2.40 bits per heavy atom. The van der Waals surface area contributed by atoms with Gasteiger partial charge in [0, 0.05) is 11.8 Å². The largest absolute Gasteiger partial charge is 0.410 e. The first kappa shape index (κ1) is 6.67. The molecule has 0 aromatic carbocycles. The van der Waals surface area contributed by atoms with Crippen molar-refractivity contribution >= 4 is 6.47 Å². The Kier molecular flexibility index (Phi) is 1.94. The number of carbonyl (C=O) groups excluding carboxylic acids is 1. The van der Waals surface area contributed by atoms with Gasteiger partial charge >= 0.3 is 0 Å². The molecule has 10 heavy (non-hydrogen) atoms. The van der Waals surface area contributed by atoms with E-state index in [1.54, 1.807) is 13.0 Å². The lowest BCUT2D eigenvalue weighted by atomic mass is 10.4. The second-order valence-electron chi connectivity index (χ2n) is 1.71. The van der Waals surface area contributed by atoms with Gasteiger partial charge in [0.15, 0.2) is 0 Å². The number of ether oxygens (including phenoxy) is 1. The third-order valence-corrected chi connectivity index (χ3v) is 0.948. The van der Waals surface area contributed by atoms with Crippen molar-refractivity contribution in [3.63, 3.8) is 0 Å². The van der Waals surface area contributed by atoms with Crippen LogP contribution in [-0.2, 0) is 4.79 Å². The van der Waals surface area contributed by atoms with Gasteiger partial charge in [-0.25, -0.2) is 9.97 Å². The zero-order chi connectivity index (χ0) is 7.40. The molecule has 0 saturated carbocycles. The molecule has 1 aromatic rings. The lowest BCUT2D eigenvalue weighted by Gasteiger charge is -1.94. The van der Waals surface area contributed by atoms with Crippen LogP contribution in [0.15, 0.2) is 12.4 Å². The SMILES string of the molecule is Cc1cc(OC=O)ncn1. The van der Waals surface area contributed by atoms with E-state index in [1.807, 2.05) is 0 Å². The predicted molar refractivity (Wildman–Crippen MR) is 33.5 cm³/mol. The minimum atomic E-state index is 0.280. The number of aryl methyl sites for hydroxylation is 1. The molecule has 4 heteroatoms. The van der Waals surface area contributed by atoms with E-state index in [-0.39, 0.29) is 5.88 Å². The summed E-state index contributed by atoms with van der Waals surface area (Å²) in [6, 6.07) is 1.58. The number of rotatable bonds is 2. The first-order chi connectivity index (χ1) is 4.83. The van der Waals surface area contributed by atoms with E-state index >= 15 is 0 Å². The van der Waals surface area contributed by atoms with Gasteiger partial charge < -0.3 is 4.74 Å². The maximum absolute atomic E-state index is 9.80. The number of aromatic nitrogens is 2. The zero-order valence-electron chi connectivity index (χ0n) is 5.44. The Labute approximate surface area is 57.9 Å². The van der Waals surface area contributed by atoms with Crippen LogP contribution >= 0.6 is 0 Å². The number of hydrogen-bond donors (Lipinski definition) is 0. The summed E-state index contributed by atoms with van der Waals surface area (Å²) in [6.45, 7) is 2.13. The van der Waals surface area contributed by atoms with Crippen LogP contribution in [0, 0.1) is 6.92 Å². The van der Waals surface area contributed by atoms with Crippen molar-refractivity contribution in [2.45, 2.75) is 6.92 Å². The fourth-order valence-corrected chi connectivity index (χ4v) is 0.544. The maximum Gasteiger partial charge on any atom is 0.299 e. The van der Waals surface area contributed by atoms with Gasteiger partial charge in [-0.05, 0) is 6.92 Å². The Balaban J connectivity index is 2.84. The minimum Gasteiger partial charge on any atom is -0.410 e. The van der Waals surface area contributed by atoms with Gasteiger partial charge in [0.1, 0.15) is 6.33 Å². The Hall–Kier alpha value is -1.45. The quantitative estimate of drug-likeness (QED) is 0.552. The number of carbonyl (C=O) groups is 1. The van der Waals surface area contributed by atoms with E-state index in [4.69, 9.17) is 0 Å². The Bertz CT molecular complexity index is 237. The monoisotopic (exact) mass is 138 g/mol. The van der Waals surface area contributed by atoms with E-state index in [1.165, 1.54) is 6.33 Å². The summed E-state index contributed by atoms with van der Waals surface area (Å²) in [6.07, 6.45) is 1.34. The Morgan fingerprint density at radius 1 is 1.60 bits per heavy atom. The van der Waals surface area contributed by atoms with Crippen molar-refractivity contribution in [1.82, 2.24) is 9.97 Å². The molecule has 0 amide bonds. The summed E-state index contributed by atoms with van der Waals surface area (Å²) in [5.74, 6) is 0.280. The molecule has 0 fully saturated rings. The molecule has 0 atom stereocenters. The van der Waals surface area contributed by atoms with Gasteiger partial charge in [-0.15, -0.1) is 0 Å². The van der Waals surface area contributed by atoms with Crippen LogP contribution in [0.5, 0.6) is 5.88 Å². The molecule has 0 aliphatic heterocycles. The van der Waals surface area contributed by atoms with Crippen LogP contribution in [0.1, 0.15) is 5.69 Å². The topological polar surface area (TPSA) is 52.1 Å². The van der Waals surface area contributed by atoms with Crippen LogP contribution in [0.3, 0.4) is 0 Å². The molecular weight excluding hydrogens is 132 g/mol. The highest BCUT2D eigenvalue weighted by Crippen LogP contribution is 2.03. The molecule has 0 aliphatic carbocycles. The molecular formula is C6H6N2O2. The number of hydrogen-bond acceptors (Lipinski definition) is 4. The summed E-state index contributed by atoms with van der Waals surface area (Å²) < 4.78 is 4.46. The normalized spacial score (nSPS) is 8.90. The van der Waals surface area contributed by atoms with Crippen LogP contribution in [0.2, 0.25) is 0 Å². The van der Waals surface area contributed by atoms with E-state index in [2.05, 4.69) is 14.7 Å². The first-order valence-corrected chi connectivity index (χ1v) is 2.72. The maximum atomic E-state index is 9.80. The highest BCUT2D eigenvalue weighted by molar-refractivity contribution is 5.42. The molecule has 0 bridgehead atoms. The highest BCUT2D eigenvalue weighted by atomic mass is 16.5. The third kappa shape index (κ3) is 1.51. The molecule has 0 radical (unpaired) electrons. The molecule has 0 N–H and O–H groups in total. The van der Waals surface area contributed by atoms with E-state index in [0.717, 1.165) is 5.69 Å². The third-order valence-electron chi connectivity index (χ3n) is 0.948. The lowest BCUT2D eigenvalue weighted by molar-refractivity contribution is -0.120. The smallest absolute Gasteiger partial charge is 0.299 e. The molecule has 0 unspecified atom stereocenters. The number of nitrogens with zero attached hydrogens (tertiary/aromatic N) is 2. The van der Waals surface area contributed by atoms with Gasteiger partial charge in [-0.2, -0.15) is 0 Å². The summed E-state index contributed by atoms with van der Waals surface area (Å²) in [5, 5.41) is 0. The Morgan fingerprint density at radius 3 is 3.00 bits per heavy atom. The summed E-state index contributed by atoms with van der Waals surface area (Å²) in [5.41, 5.74) is 0.770. The van der Waals surface area contributed by atoms with Crippen molar-refractivity contribution in [2.75, 3.05) is 0 Å². The van der Waals surface area contributed by atoms with Crippen molar-refractivity contribution in [3.8, 4) is 5.88 Å². The summed E-state index contributed by atoms with van der Waals surface area (Å²) >= 11 is 0. The van der Waals surface area contributed by atoms with Crippen molar-refractivity contribution in [3.05, 3.63) is 18.1 Å². The van der Waals surface area contributed by atoms with E-state index < -0.39 is 0 Å². The molecule has 4 nitrogen and oxygen atoms in total. The molecule has 0 aliphatic rings. The van der Waals surface area contributed by atoms with Crippen LogP contribution in [0.4, 0.5) is 0 Å². The fraction of sp³-hybridized carbons (Fsp3) is 0.167. The lowest BCUT2D eigenvalue weighted by Crippen LogP contribution is -1.92. The average Bonchev–Trinajstić information content (AvgIpc) is 1.88. The van der Waals surface area contributed by atoms with Crippen LogP contribution in [0.25, 0.3) is 0 Å². The first-order valence-electron chi connectivity index (χ1n) is 2.72. The summed E-state index contributed by atoms with van der Waals surface area (Å²) in [7, 11) is 0. The second-order valence-corrected chi connectivity index (χ2v) is 1.71. The van der Waals surface area contributed by atoms with Crippen molar-refractivity contribution in [2.24, 2.45) is 0 Å². The molecule has 1 rings (SSSR count).